The zero-order valence-electron chi connectivity index (χ0n) is 11.3. The Morgan fingerprint density at radius 3 is 2.95 bits per heavy atom. The van der Waals surface area contributed by atoms with Crippen molar-refractivity contribution in [1.29, 1.82) is 0 Å². The molecule has 4 nitrogen and oxygen atoms in total. The summed E-state index contributed by atoms with van der Waals surface area (Å²) < 4.78 is 13.1. The molecule has 3 rings (SSSR count). The van der Waals surface area contributed by atoms with E-state index >= 15 is 0 Å². The number of nitrogens with zero attached hydrogens (tertiary/aromatic N) is 1. The molecule has 1 amide bonds. The number of rotatable bonds is 4. The molecule has 0 fully saturated rings. The summed E-state index contributed by atoms with van der Waals surface area (Å²) in [5.74, 6) is -0.522. The van der Waals surface area contributed by atoms with Crippen molar-refractivity contribution in [3.05, 3.63) is 65.9 Å². The van der Waals surface area contributed by atoms with Crippen LogP contribution in [0.25, 0.3) is 10.9 Å². The number of aromatic nitrogens is 2. The fourth-order valence-corrected chi connectivity index (χ4v) is 2.17. The van der Waals surface area contributed by atoms with Crippen LogP contribution in [0.2, 0.25) is 0 Å². The molecule has 0 radical (unpaired) electrons. The maximum atomic E-state index is 13.1. The summed E-state index contributed by atoms with van der Waals surface area (Å²) in [6.45, 7) is 0.500. The highest BCUT2D eigenvalue weighted by Crippen LogP contribution is 2.16. The minimum absolute atomic E-state index is 0.206. The van der Waals surface area contributed by atoms with Crippen LogP contribution >= 0.6 is 0 Å². The highest BCUT2D eigenvalue weighted by Gasteiger charge is 2.09. The van der Waals surface area contributed by atoms with E-state index < -0.39 is 0 Å². The first-order valence-corrected chi connectivity index (χ1v) is 6.69. The highest BCUT2D eigenvalue weighted by molar-refractivity contribution is 5.97. The van der Waals surface area contributed by atoms with E-state index in [1.165, 1.54) is 12.1 Å². The minimum atomic E-state index is -0.316. The van der Waals surface area contributed by atoms with Crippen molar-refractivity contribution < 1.29 is 9.18 Å². The second kappa shape index (κ2) is 5.75. The number of nitrogens with one attached hydrogen (secondary N) is 2. The molecule has 0 bridgehead atoms. The monoisotopic (exact) mass is 283 g/mol. The van der Waals surface area contributed by atoms with Gasteiger partial charge in [0.25, 0.3) is 5.91 Å². The first kappa shape index (κ1) is 13.3. The second-order valence-corrected chi connectivity index (χ2v) is 4.74. The standard InChI is InChI=1S/C16H14FN3O/c17-12-4-5-14-11(9-12)10-15(20-14)16(21)19-8-6-13-3-1-2-7-18-13/h1-5,7,9-10,20H,6,8H2,(H,19,21). The zero-order chi connectivity index (χ0) is 14.7. The van der Waals surface area contributed by atoms with Crippen molar-refractivity contribution in [2.75, 3.05) is 6.54 Å². The van der Waals surface area contributed by atoms with Crippen LogP contribution in [0, 0.1) is 5.82 Å². The molecule has 0 spiro atoms. The number of hydrogen-bond acceptors (Lipinski definition) is 2. The maximum Gasteiger partial charge on any atom is 0.267 e. The summed E-state index contributed by atoms with van der Waals surface area (Å²) in [7, 11) is 0. The number of H-pyrrole nitrogens is 1. The molecule has 0 atom stereocenters. The third kappa shape index (κ3) is 3.08. The predicted octanol–water partition coefficient (Wildman–Crippen LogP) is 2.67. The van der Waals surface area contributed by atoms with E-state index in [-0.39, 0.29) is 11.7 Å². The molecule has 21 heavy (non-hydrogen) atoms. The number of halogens is 1. The first-order chi connectivity index (χ1) is 10.2. The van der Waals surface area contributed by atoms with Gasteiger partial charge < -0.3 is 10.3 Å². The Kier molecular flexibility index (Phi) is 3.64. The van der Waals surface area contributed by atoms with E-state index in [0.29, 0.717) is 24.0 Å². The summed E-state index contributed by atoms with van der Waals surface area (Å²) in [4.78, 5) is 19.2. The van der Waals surface area contributed by atoms with Crippen LogP contribution in [0.15, 0.2) is 48.7 Å². The van der Waals surface area contributed by atoms with E-state index in [0.717, 1.165) is 11.2 Å². The lowest BCUT2D eigenvalue weighted by Gasteiger charge is -2.03. The Labute approximate surface area is 121 Å². The summed E-state index contributed by atoms with van der Waals surface area (Å²) in [5.41, 5.74) is 2.10. The highest BCUT2D eigenvalue weighted by atomic mass is 19.1. The van der Waals surface area contributed by atoms with Gasteiger partial charge in [-0.15, -0.1) is 0 Å². The van der Waals surface area contributed by atoms with Gasteiger partial charge in [-0.05, 0) is 36.4 Å². The fraction of sp³-hybridized carbons (Fsp3) is 0.125. The normalized spacial score (nSPS) is 10.7. The van der Waals surface area contributed by atoms with Gasteiger partial charge in [0.1, 0.15) is 11.5 Å². The van der Waals surface area contributed by atoms with Gasteiger partial charge in [0.15, 0.2) is 0 Å². The van der Waals surface area contributed by atoms with Gasteiger partial charge in [-0.2, -0.15) is 0 Å². The minimum Gasteiger partial charge on any atom is -0.351 e. The van der Waals surface area contributed by atoms with Crippen molar-refractivity contribution in [2.24, 2.45) is 0 Å². The number of carbonyl (C=O) groups is 1. The third-order valence-corrected chi connectivity index (χ3v) is 3.22. The average Bonchev–Trinajstić information content (AvgIpc) is 2.91. The van der Waals surface area contributed by atoms with Crippen LogP contribution in [0.4, 0.5) is 4.39 Å². The first-order valence-electron chi connectivity index (χ1n) is 6.69. The van der Waals surface area contributed by atoms with Crippen molar-refractivity contribution >= 4 is 16.8 Å². The Hall–Kier alpha value is -2.69. The summed E-state index contributed by atoms with van der Waals surface area (Å²) in [5, 5.41) is 3.50. The number of benzene rings is 1. The lowest BCUT2D eigenvalue weighted by Crippen LogP contribution is -2.26. The molecule has 3 aromatic rings. The summed E-state index contributed by atoms with van der Waals surface area (Å²) in [6, 6.07) is 11.7. The van der Waals surface area contributed by atoms with Crippen LogP contribution in [0.3, 0.4) is 0 Å². The molecule has 0 aliphatic carbocycles. The summed E-state index contributed by atoms with van der Waals surface area (Å²) in [6.07, 6.45) is 2.39. The van der Waals surface area contributed by atoms with Gasteiger partial charge in [0.05, 0.1) is 0 Å². The second-order valence-electron chi connectivity index (χ2n) is 4.74. The smallest absolute Gasteiger partial charge is 0.267 e. The quantitative estimate of drug-likeness (QED) is 0.773. The Morgan fingerprint density at radius 1 is 1.24 bits per heavy atom. The molecule has 0 unspecified atom stereocenters. The number of pyridine rings is 1. The van der Waals surface area contributed by atoms with Gasteiger partial charge in [-0.25, -0.2) is 4.39 Å². The number of hydrogen-bond donors (Lipinski definition) is 2. The van der Waals surface area contributed by atoms with Crippen molar-refractivity contribution in [3.63, 3.8) is 0 Å². The van der Waals surface area contributed by atoms with Gasteiger partial charge in [-0.3, -0.25) is 9.78 Å². The topological polar surface area (TPSA) is 57.8 Å². The Morgan fingerprint density at radius 2 is 2.14 bits per heavy atom. The third-order valence-electron chi connectivity index (χ3n) is 3.22. The Bertz CT molecular complexity index is 768. The molecule has 0 aliphatic heterocycles. The van der Waals surface area contributed by atoms with Crippen LogP contribution in [-0.4, -0.2) is 22.4 Å². The van der Waals surface area contributed by atoms with Crippen LogP contribution < -0.4 is 5.32 Å². The molecular formula is C16H14FN3O. The van der Waals surface area contributed by atoms with E-state index in [9.17, 15) is 9.18 Å². The number of amides is 1. The molecule has 2 heterocycles. The summed E-state index contributed by atoms with van der Waals surface area (Å²) >= 11 is 0. The lowest BCUT2D eigenvalue weighted by molar-refractivity contribution is 0.0950. The van der Waals surface area contributed by atoms with Crippen LogP contribution in [0.5, 0.6) is 0 Å². The number of carbonyl (C=O) groups excluding carboxylic acids is 1. The van der Waals surface area contributed by atoms with Crippen molar-refractivity contribution in [3.8, 4) is 0 Å². The molecule has 2 N–H and O–H groups in total. The molecule has 5 heteroatoms. The lowest BCUT2D eigenvalue weighted by atomic mass is 10.2. The molecule has 1 aromatic carbocycles. The SMILES string of the molecule is O=C(NCCc1ccccn1)c1cc2cc(F)ccc2[nH]1. The Balaban J connectivity index is 1.64. The van der Waals surface area contributed by atoms with Crippen molar-refractivity contribution in [1.82, 2.24) is 15.3 Å². The predicted molar refractivity (Wildman–Crippen MR) is 78.5 cm³/mol. The number of fused-ring (bicyclic) bond motifs is 1. The van der Waals surface area contributed by atoms with Crippen molar-refractivity contribution in [2.45, 2.75) is 6.42 Å². The fourth-order valence-electron chi connectivity index (χ4n) is 2.17. The molecule has 0 saturated carbocycles. The molecular weight excluding hydrogens is 269 g/mol. The van der Waals surface area contributed by atoms with E-state index in [4.69, 9.17) is 0 Å². The van der Waals surface area contributed by atoms with Crippen LogP contribution in [-0.2, 0) is 6.42 Å². The molecule has 0 aliphatic rings. The van der Waals surface area contributed by atoms with Gasteiger partial charge >= 0.3 is 0 Å². The van der Waals surface area contributed by atoms with Gasteiger partial charge in [-0.1, -0.05) is 6.07 Å². The average molecular weight is 283 g/mol. The van der Waals surface area contributed by atoms with Crippen LogP contribution in [0.1, 0.15) is 16.2 Å². The zero-order valence-corrected chi connectivity index (χ0v) is 11.3. The van der Waals surface area contributed by atoms with Gasteiger partial charge in [0.2, 0.25) is 0 Å². The molecule has 0 saturated heterocycles. The van der Waals surface area contributed by atoms with E-state index in [1.54, 1.807) is 18.3 Å². The van der Waals surface area contributed by atoms with E-state index in [1.807, 2.05) is 18.2 Å². The number of aromatic amines is 1. The maximum absolute atomic E-state index is 13.1. The molecule has 106 valence electrons. The largest absolute Gasteiger partial charge is 0.351 e. The van der Waals surface area contributed by atoms with Gasteiger partial charge in [0, 0.05) is 35.8 Å². The van der Waals surface area contributed by atoms with E-state index in [2.05, 4.69) is 15.3 Å². The molecule has 2 aromatic heterocycles.